The minimum Gasteiger partial charge on any atom is -0.394 e. The Hall–Kier alpha value is -3.71. The van der Waals surface area contributed by atoms with Crippen molar-refractivity contribution in [2.45, 2.75) is 24.4 Å². The molecule has 0 unspecified atom stereocenters. The molecule has 3 amide bonds. The molecule has 32 heavy (non-hydrogen) atoms. The van der Waals surface area contributed by atoms with Crippen LogP contribution in [-0.2, 0) is 11.2 Å². The van der Waals surface area contributed by atoms with Gasteiger partial charge in [-0.05, 0) is 35.9 Å². The predicted octanol–water partition coefficient (Wildman–Crippen LogP) is 3.03. The van der Waals surface area contributed by atoms with Gasteiger partial charge in [-0.25, -0.2) is 4.79 Å². The molecule has 1 aromatic heterocycles. The van der Waals surface area contributed by atoms with Crippen LogP contribution in [0.4, 0.5) is 16.2 Å². The number of nitrogens with zero attached hydrogens (tertiary/aromatic N) is 3. The molecule has 0 radical (unpaired) electrons. The van der Waals surface area contributed by atoms with Gasteiger partial charge in [0.05, 0.1) is 25.1 Å². The van der Waals surface area contributed by atoms with Crippen LogP contribution in [0, 0.1) is 0 Å². The standard InChI is InChI=1S/C25H24N4O3/c30-16-22-24-19-11-4-5-12-20(19)28(25(32)27-17-8-2-1-3-9-17)15-21(24)29(22)23(31)14-18-10-6-7-13-26-18/h1-13,21-22,24,30H,14-16H2,(H,27,32)/t21-,22-,24+/m1/s1. The number of aliphatic hydroxyl groups excluding tert-OH is 1. The molecule has 2 aromatic carbocycles. The molecule has 7 heteroatoms. The largest absolute Gasteiger partial charge is 0.394 e. The van der Waals surface area contributed by atoms with Crippen molar-refractivity contribution in [1.29, 1.82) is 0 Å². The molecule has 0 bridgehead atoms. The van der Waals surface area contributed by atoms with E-state index >= 15 is 0 Å². The Labute approximate surface area is 186 Å². The molecular formula is C25H24N4O3. The zero-order valence-electron chi connectivity index (χ0n) is 17.5. The van der Waals surface area contributed by atoms with E-state index in [9.17, 15) is 14.7 Å². The van der Waals surface area contributed by atoms with Crippen LogP contribution in [0.3, 0.4) is 0 Å². The molecule has 5 rings (SSSR count). The summed E-state index contributed by atoms with van der Waals surface area (Å²) in [5, 5.41) is 13.0. The average molecular weight is 428 g/mol. The van der Waals surface area contributed by atoms with Gasteiger partial charge in [0.1, 0.15) is 0 Å². The second-order valence-electron chi connectivity index (χ2n) is 8.11. The summed E-state index contributed by atoms with van der Waals surface area (Å²) in [4.78, 5) is 34.0. The molecule has 1 saturated heterocycles. The highest BCUT2D eigenvalue weighted by Gasteiger charge is 2.55. The summed E-state index contributed by atoms with van der Waals surface area (Å²) in [6.45, 7) is 0.241. The number of amides is 3. The molecule has 162 valence electrons. The monoisotopic (exact) mass is 428 g/mol. The molecule has 3 aromatic rings. The molecule has 0 spiro atoms. The maximum Gasteiger partial charge on any atom is 0.326 e. The molecule has 0 saturated carbocycles. The van der Waals surface area contributed by atoms with Crippen molar-refractivity contribution in [3.05, 3.63) is 90.3 Å². The SMILES string of the molecule is O=C(Nc1ccccc1)N1C[C@@H]2[C@H](c3ccccc31)[C@@H](CO)N2C(=O)Cc1ccccn1. The number of anilines is 2. The molecule has 0 aliphatic carbocycles. The van der Waals surface area contributed by atoms with Crippen LogP contribution in [0.2, 0.25) is 0 Å². The van der Waals surface area contributed by atoms with E-state index in [1.54, 1.807) is 16.0 Å². The van der Waals surface area contributed by atoms with E-state index < -0.39 is 0 Å². The molecule has 1 fully saturated rings. The minimum absolute atomic E-state index is 0.00958. The van der Waals surface area contributed by atoms with Gasteiger partial charge in [0.15, 0.2) is 0 Å². The van der Waals surface area contributed by atoms with Gasteiger partial charge in [0.25, 0.3) is 0 Å². The fourth-order valence-electron chi connectivity index (χ4n) is 4.89. The number of pyridine rings is 1. The van der Waals surface area contributed by atoms with Gasteiger partial charge in [-0.1, -0.05) is 42.5 Å². The van der Waals surface area contributed by atoms with Crippen LogP contribution in [0.25, 0.3) is 0 Å². The third-order valence-corrected chi connectivity index (χ3v) is 6.30. The number of hydrogen-bond donors (Lipinski definition) is 2. The maximum atomic E-state index is 13.2. The van der Waals surface area contributed by atoms with E-state index in [1.165, 1.54) is 0 Å². The molecule has 3 atom stereocenters. The van der Waals surface area contributed by atoms with Crippen LogP contribution in [0.5, 0.6) is 0 Å². The summed E-state index contributed by atoms with van der Waals surface area (Å²) < 4.78 is 0. The summed E-state index contributed by atoms with van der Waals surface area (Å²) in [5.74, 6) is -0.101. The molecular weight excluding hydrogens is 404 g/mol. The van der Waals surface area contributed by atoms with Gasteiger partial charge >= 0.3 is 6.03 Å². The number of rotatable bonds is 4. The van der Waals surface area contributed by atoms with E-state index in [0.29, 0.717) is 17.9 Å². The minimum atomic E-state index is -0.309. The Morgan fingerprint density at radius 3 is 2.50 bits per heavy atom. The number of carbonyl (C=O) groups excluding carboxylic acids is 2. The highest BCUT2D eigenvalue weighted by Crippen LogP contribution is 2.48. The van der Waals surface area contributed by atoms with Crippen LogP contribution in [0.15, 0.2) is 79.0 Å². The Morgan fingerprint density at radius 2 is 1.75 bits per heavy atom. The Morgan fingerprint density at radius 1 is 1.00 bits per heavy atom. The fraction of sp³-hybridized carbons (Fsp3) is 0.240. The van der Waals surface area contributed by atoms with Crippen molar-refractivity contribution >= 4 is 23.3 Å². The lowest BCUT2D eigenvalue weighted by Gasteiger charge is -2.58. The van der Waals surface area contributed by atoms with E-state index in [-0.39, 0.29) is 43.0 Å². The number of aliphatic hydroxyl groups is 1. The summed E-state index contributed by atoms with van der Waals surface area (Å²) in [7, 11) is 0. The first-order chi connectivity index (χ1) is 15.7. The molecule has 2 N–H and O–H groups in total. The van der Waals surface area contributed by atoms with Crippen LogP contribution in [-0.4, -0.2) is 52.2 Å². The number of aromatic nitrogens is 1. The highest BCUT2D eigenvalue weighted by atomic mass is 16.3. The third-order valence-electron chi connectivity index (χ3n) is 6.30. The number of para-hydroxylation sites is 2. The number of nitrogens with one attached hydrogen (secondary N) is 1. The van der Waals surface area contributed by atoms with Crippen LogP contribution < -0.4 is 10.2 Å². The lowest BCUT2D eigenvalue weighted by Crippen LogP contribution is -2.71. The van der Waals surface area contributed by atoms with E-state index in [4.69, 9.17) is 0 Å². The van der Waals surface area contributed by atoms with Crippen molar-refractivity contribution in [2.75, 3.05) is 23.4 Å². The maximum absolute atomic E-state index is 13.2. The van der Waals surface area contributed by atoms with Crippen LogP contribution in [0.1, 0.15) is 17.2 Å². The van der Waals surface area contributed by atoms with Gasteiger partial charge < -0.3 is 15.3 Å². The molecule has 7 nitrogen and oxygen atoms in total. The Balaban J connectivity index is 1.43. The topological polar surface area (TPSA) is 85.8 Å². The number of urea groups is 1. The second-order valence-corrected chi connectivity index (χ2v) is 8.11. The van der Waals surface area contributed by atoms with Gasteiger partial charge in [0.2, 0.25) is 5.91 Å². The summed E-state index contributed by atoms with van der Waals surface area (Å²) in [5.41, 5.74) is 3.19. The van der Waals surface area contributed by atoms with Crippen molar-refractivity contribution in [2.24, 2.45) is 0 Å². The van der Waals surface area contributed by atoms with Crippen molar-refractivity contribution in [3.8, 4) is 0 Å². The van der Waals surface area contributed by atoms with Gasteiger partial charge in [-0.2, -0.15) is 0 Å². The van der Waals surface area contributed by atoms with E-state index in [1.807, 2.05) is 72.8 Å². The van der Waals surface area contributed by atoms with Gasteiger partial charge in [-0.3, -0.25) is 14.7 Å². The lowest BCUT2D eigenvalue weighted by molar-refractivity contribution is -0.149. The van der Waals surface area contributed by atoms with Crippen molar-refractivity contribution in [1.82, 2.24) is 9.88 Å². The zero-order valence-corrected chi connectivity index (χ0v) is 17.5. The normalized spacial score (nSPS) is 21.2. The summed E-state index contributed by atoms with van der Waals surface area (Å²) >= 11 is 0. The first kappa shape index (κ1) is 20.2. The number of carbonyl (C=O) groups is 2. The molecule has 2 aliphatic rings. The van der Waals surface area contributed by atoms with Crippen LogP contribution >= 0.6 is 0 Å². The van der Waals surface area contributed by atoms with Crippen molar-refractivity contribution < 1.29 is 14.7 Å². The second kappa shape index (κ2) is 8.43. The summed E-state index contributed by atoms with van der Waals surface area (Å²) in [6.07, 6.45) is 1.83. The third kappa shape index (κ3) is 3.50. The average Bonchev–Trinajstić information content (AvgIpc) is 2.80. The van der Waals surface area contributed by atoms with Gasteiger partial charge in [0, 0.05) is 35.7 Å². The first-order valence-electron chi connectivity index (χ1n) is 10.7. The quantitative estimate of drug-likeness (QED) is 0.669. The van der Waals surface area contributed by atoms with E-state index in [2.05, 4.69) is 10.3 Å². The molecule has 2 aliphatic heterocycles. The smallest absolute Gasteiger partial charge is 0.326 e. The fourth-order valence-corrected chi connectivity index (χ4v) is 4.89. The molecule has 3 heterocycles. The summed E-state index contributed by atoms with van der Waals surface area (Å²) in [6, 6.07) is 21.8. The first-order valence-corrected chi connectivity index (χ1v) is 10.7. The Kier molecular flexibility index (Phi) is 5.33. The predicted molar refractivity (Wildman–Crippen MR) is 121 cm³/mol. The van der Waals surface area contributed by atoms with E-state index in [0.717, 1.165) is 11.3 Å². The Bertz CT molecular complexity index is 1120. The number of fused-ring (bicyclic) bond motifs is 3. The number of benzene rings is 2. The highest BCUT2D eigenvalue weighted by molar-refractivity contribution is 6.03. The van der Waals surface area contributed by atoms with Crippen molar-refractivity contribution in [3.63, 3.8) is 0 Å². The number of likely N-dealkylation sites (tertiary alicyclic amines) is 1. The number of hydrogen-bond acceptors (Lipinski definition) is 4. The lowest BCUT2D eigenvalue weighted by atomic mass is 9.71. The zero-order chi connectivity index (χ0) is 22.1. The van der Waals surface area contributed by atoms with Gasteiger partial charge in [-0.15, -0.1) is 0 Å².